The number of nitrogens with one attached hydrogen (secondary N) is 1. The van der Waals surface area contributed by atoms with Crippen LogP contribution in [0.1, 0.15) is 27.6 Å². The lowest BCUT2D eigenvalue weighted by atomic mass is 10.3. The molecule has 0 fully saturated rings. The normalized spacial score (nSPS) is 10.4. The fraction of sp³-hybridized carbons (Fsp3) is 0.333. The molecule has 0 aliphatic carbocycles. The molecule has 1 N–H and O–H groups in total. The van der Waals surface area contributed by atoms with Crippen molar-refractivity contribution in [3.8, 4) is 0 Å². The molecule has 2 aromatic heterocycles. The number of nitrogens with zero attached hydrogens (tertiary/aromatic N) is 1. The maximum atomic E-state index is 12.0. The summed E-state index contributed by atoms with van der Waals surface area (Å²) >= 11 is 1.38. The van der Waals surface area contributed by atoms with E-state index in [4.69, 9.17) is 4.42 Å². The zero-order chi connectivity index (χ0) is 15.2. The highest BCUT2D eigenvalue weighted by Gasteiger charge is 2.12. The predicted molar refractivity (Wildman–Crippen MR) is 81.2 cm³/mol. The van der Waals surface area contributed by atoms with Crippen LogP contribution in [0.25, 0.3) is 0 Å². The summed E-state index contributed by atoms with van der Waals surface area (Å²) in [7, 11) is 1.72. The van der Waals surface area contributed by atoms with Crippen molar-refractivity contribution >= 4 is 23.2 Å². The third-order valence-corrected chi connectivity index (χ3v) is 3.85. The Morgan fingerprint density at radius 1 is 1.33 bits per heavy atom. The maximum absolute atomic E-state index is 12.0. The number of amides is 2. The quantitative estimate of drug-likeness (QED) is 0.891. The molecular weight excluding hydrogens is 288 g/mol. The highest BCUT2D eigenvalue weighted by molar-refractivity contribution is 7.12. The molecule has 6 heteroatoms. The van der Waals surface area contributed by atoms with E-state index in [2.05, 4.69) is 5.32 Å². The first-order valence-electron chi connectivity index (χ1n) is 6.67. The summed E-state index contributed by atoms with van der Waals surface area (Å²) in [6.07, 6.45) is 0.271. The van der Waals surface area contributed by atoms with Crippen LogP contribution in [0.5, 0.6) is 0 Å². The molecule has 0 spiro atoms. The Hall–Kier alpha value is -2.08. The third-order valence-electron chi connectivity index (χ3n) is 2.98. The Morgan fingerprint density at radius 2 is 2.14 bits per heavy atom. The Balaban J connectivity index is 1.72. The molecule has 21 heavy (non-hydrogen) atoms. The first-order chi connectivity index (χ1) is 10.1. The molecule has 2 aromatic rings. The molecule has 2 rings (SSSR count). The minimum absolute atomic E-state index is 0.0319. The molecule has 0 aromatic carbocycles. The van der Waals surface area contributed by atoms with E-state index in [1.54, 1.807) is 18.0 Å². The second-order valence-electron chi connectivity index (χ2n) is 4.75. The van der Waals surface area contributed by atoms with Gasteiger partial charge in [-0.15, -0.1) is 11.3 Å². The topological polar surface area (TPSA) is 62.6 Å². The Labute approximate surface area is 127 Å². The molecule has 0 saturated carbocycles. The van der Waals surface area contributed by atoms with E-state index < -0.39 is 0 Å². The minimum Gasteiger partial charge on any atom is -0.464 e. The zero-order valence-electron chi connectivity index (χ0n) is 12.1. The van der Waals surface area contributed by atoms with Crippen molar-refractivity contribution in [2.24, 2.45) is 0 Å². The van der Waals surface area contributed by atoms with Crippen LogP contribution < -0.4 is 5.32 Å². The van der Waals surface area contributed by atoms with Crippen molar-refractivity contribution < 1.29 is 14.0 Å². The van der Waals surface area contributed by atoms with Gasteiger partial charge in [0.1, 0.15) is 11.5 Å². The van der Waals surface area contributed by atoms with Crippen molar-refractivity contribution in [2.75, 3.05) is 13.6 Å². The highest BCUT2D eigenvalue weighted by atomic mass is 32.1. The molecular formula is C15H18N2O3S. The van der Waals surface area contributed by atoms with Gasteiger partial charge >= 0.3 is 0 Å². The molecule has 112 valence electrons. The summed E-state index contributed by atoms with van der Waals surface area (Å²) in [4.78, 5) is 25.9. The molecule has 0 saturated heterocycles. The summed E-state index contributed by atoms with van der Waals surface area (Å²) in [5.74, 6) is 1.41. The first kappa shape index (κ1) is 15.3. The van der Waals surface area contributed by atoms with E-state index in [-0.39, 0.29) is 18.2 Å². The van der Waals surface area contributed by atoms with Gasteiger partial charge in [0.05, 0.1) is 11.4 Å². The van der Waals surface area contributed by atoms with Gasteiger partial charge in [-0.05, 0) is 30.5 Å². The van der Waals surface area contributed by atoms with Gasteiger partial charge in [-0.1, -0.05) is 6.07 Å². The summed E-state index contributed by atoms with van der Waals surface area (Å²) < 4.78 is 5.43. The van der Waals surface area contributed by atoms with Crippen molar-refractivity contribution in [2.45, 2.75) is 19.9 Å². The maximum Gasteiger partial charge on any atom is 0.261 e. The van der Waals surface area contributed by atoms with Gasteiger partial charge in [0.2, 0.25) is 5.91 Å². The van der Waals surface area contributed by atoms with Crippen LogP contribution in [0.15, 0.2) is 34.1 Å². The van der Waals surface area contributed by atoms with Gasteiger partial charge in [0.15, 0.2) is 0 Å². The molecule has 0 aliphatic heterocycles. The van der Waals surface area contributed by atoms with E-state index in [0.717, 1.165) is 11.5 Å². The molecule has 2 heterocycles. The molecule has 0 radical (unpaired) electrons. The van der Waals surface area contributed by atoms with Crippen LogP contribution in [-0.2, 0) is 11.3 Å². The molecule has 0 unspecified atom stereocenters. The fourth-order valence-electron chi connectivity index (χ4n) is 1.86. The average molecular weight is 306 g/mol. The van der Waals surface area contributed by atoms with Crippen LogP contribution in [0, 0.1) is 6.92 Å². The third kappa shape index (κ3) is 4.46. The summed E-state index contributed by atoms with van der Waals surface area (Å²) in [6, 6.07) is 7.31. The number of carbonyl (C=O) groups is 2. The summed E-state index contributed by atoms with van der Waals surface area (Å²) in [5.41, 5.74) is 0. The zero-order valence-corrected chi connectivity index (χ0v) is 12.9. The number of furan rings is 1. The van der Waals surface area contributed by atoms with Crippen LogP contribution in [0.4, 0.5) is 0 Å². The molecule has 0 atom stereocenters. The van der Waals surface area contributed by atoms with Crippen LogP contribution in [0.3, 0.4) is 0 Å². The lowest BCUT2D eigenvalue weighted by Gasteiger charge is -2.15. The van der Waals surface area contributed by atoms with E-state index >= 15 is 0 Å². The second-order valence-corrected chi connectivity index (χ2v) is 5.69. The van der Waals surface area contributed by atoms with Crippen molar-refractivity contribution in [1.29, 1.82) is 0 Å². The monoisotopic (exact) mass is 306 g/mol. The van der Waals surface area contributed by atoms with Gasteiger partial charge in [-0.25, -0.2) is 0 Å². The number of aryl methyl sites for hydroxylation is 1. The van der Waals surface area contributed by atoms with Gasteiger partial charge in [-0.2, -0.15) is 0 Å². The minimum atomic E-state index is -0.137. The first-order valence-corrected chi connectivity index (χ1v) is 7.55. The Bertz CT molecular complexity index is 604. The van der Waals surface area contributed by atoms with Crippen LogP contribution >= 0.6 is 11.3 Å². The van der Waals surface area contributed by atoms with E-state index in [1.807, 2.05) is 30.5 Å². The fourth-order valence-corrected chi connectivity index (χ4v) is 2.50. The standard InChI is InChI=1S/C15H18N2O3S/c1-11-5-6-12(20-11)10-17(2)14(18)7-8-16-15(19)13-4-3-9-21-13/h3-6,9H,7-8,10H2,1-2H3,(H,16,19). The van der Waals surface area contributed by atoms with Gasteiger partial charge in [0, 0.05) is 20.0 Å². The van der Waals surface area contributed by atoms with Crippen LogP contribution in [-0.4, -0.2) is 30.3 Å². The van der Waals surface area contributed by atoms with Gasteiger partial charge in [-0.3, -0.25) is 9.59 Å². The van der Waals surface area contributed by atoms with E-state index in [0.29, 0.717) is 18.0 Å². The highest BCUT2D eigenvalue weighted by Crippen LogP contribution is 2.10. The second kappa shape index (κ2) is 7.08. The molecule has 5 nitrogen and oxygen atoms in total. The van der Waals surface area contributed by atoms with Crippen molar-refractivity contribution in [1.82, 2.24) is 10.2 Å². The molecule has 2 amide bonds. The van der Waals surface area contributed by atoms with Crippen molar-refractivity contribution in [3.63, 3.8) is 0 Å². The van der Waals surface area contributed by atoms with Gasteiger partial charge < -0.3 is 14.6 Å². The Kier molecular flexibility index (Phi) is 5.16. The molecule has 0 bridgehead atoms. The lowest BCUT2D eigenvalue weighted by Crippen LogP contribution is -2.31. The Morgan fingerprint density at radius 3 is 2.76 bits per heavy atom. The SMILES string of the molecule is Cc1ccc(CN(C)C(=O)CCNC(=O)c2cccs2)o1. The summed E-state index contributed by atoms with van der Waals surface area (Å²) in [6.45, 7) is 2.63. The van der Waals surface area contributed by atoms with E-state index in [9.17, 15) is 9.59 Å². The predicted octanol–water partition coefficient (Wildman–Crippen LogP) is 2.43. The largest absolute Gasteiger partial charge is 0.464 e. The number of rotatable bonds is 6. The average Bonchev–Trinajstić information content (AvgIpc) is 3.10. The number of hydrogen-bond donors (Lipinski definition) is 1. The smallest absolute Gasteiger partial charge is 0.261 e. The number of hydrogen-bond acceptors (Lipinski definition) is 4. The molecule has 0 aliphatic rings. The number of carbonyl (C=O) groups excluding carboxylic acids is 2. The van der Waals surface area contributed by atoms with Crippen LogP contribution in [0.2, 0.25) is 0 Å². The van der Waals surface area contributed by atoms with E-state index in [1.165, 1.54) is 11.3 Å². The van der Waals surface area contributed by atoms with Crippen molar-refractivity contribution in [3.05, 3.63) is 46.0 Å². The number of thiophene rings is 1. The lowest BCUT2D eigenvalue weighted by molar-refractivity contribution is -0.130. The summed E-state index contributed by atoms with van der Waals surface area (Å²) in [5, 5.41) is 4.59. The van der Waals surface area contributed by atoms with Gasteiger partial charge in [0.25, 0.3) is 5.91 Å².